The summed E-state index contributed by atoms with van der Waals surface area (Å²) in [6, 6.07) is 15.2. The maximum atomic E-state index is 13.0. The van der Waals surface area contributed by atoms with Gasteiger partial charge in [-0.2, -0.15) is 0 Å². The van der Waals surface area contributed by atoms with Crippen LogP contribution in [-0.4, -0.2) is 9.82 Å². The fourth-order valence-electron chi connectivity index (χ4n) is 2.48. The topological polar surface area (TPSA) is 4.93 Å². The van der Waals surface area contributed by atoms with Crippen LogP contribution in [0.2, 0.25) is 0 Å². The SMILES string of the molecule is CC(C)Sc1cn(Cc2ccc(F)cc2)c2ccccc12. The molecule has 3 rings (SSSR count). The smallest absolute Gasteiger partial charge is 0.123 e. The van der Waals surface area contributed by atoms with E-state index in [-0.39, 0.29) is 5.82 Å². The Morgan fingerprint density at radius 2 is 1.76 bits per heavy atom. The van der Waals surface area contributed by atoms with Gasteiger partial charge in [-0.25, -0.2) is 4.39 Å². The van der Waals surface area contributed by atoms with E-state index in [1.54, 1.807) is 0 Å². The number of halogens is 1. The number of hydrogen-bond acceptors (Lipinski definition) is 1. The van der Waals surface area contributed by atoms with Gasteiger partial charge in [0.1, 0.15) is 5.82 Å². The molecule has 0 bridgehead atoms. The summed E-state index contributed by atoms with van der Waals surface area (Å²) in [4.78, 5) is 1.31. The molecule has 108 valence electrons. The first-order chi connectivity index (χ1) is 10.1. The van der Waals surface area contributed by atoms with Crippen LogP contribution in [0, 0.1) is 5.82 Å². The highest BCUT2D eigenvalue weighted by atomic mass is 32.2. The number of hydrogen-bond donors (Lipinski definition) is 0. The van der Waals surface area contributed by atoms with E-state index >= 15 is 0 Å². The number of benzene rings is 2. The van der Waals surface area contributed by atoms with Crippen LogP contribution in [0.1, 0.15) is 19.4 Å². The summed E-state index contributed by atoms with van der Waals surface area (Å²) in [5.74, 6) is -0.188. The normalized spacial score (nSPS) is 11.4. The van der Waals surface area contributed by atoms with Crippen LogP contribution < -0.4 is 0 Å². The van der Waals surface area contributed by atoms with Gasteiger partial charge in [0.25, 0.3) is 0 Å². The van der Waals surface area contributed by atoms with Crippen molar-refractivity contribution in [3.63, 3.8) is 0 Å². The number of rotatable bonds is 4. The number of fused-ring (bicyclic) bond motifs is 1. The number of nitrogens with zero attached hydrogens (tertiary/aromatic N) is 1. The fraction of sp³-hybridized carbons (Fsp3) is 0.222. The van der Waals surface area contributed by atoms with Crippen molar-refractivity contribution in [1.82, 2.24) is 4.57 Å². The Morgan fingerprint density at radius 3 is 2.48 bits per heavy atom. The standard InChI is InChI=1S/C18H18FNS/c1-13(2)21-18-12-20(17-6-4-3-5-16(17)18)11-14-7-9-15(19)10-8-14/h3-10,12-13H,11H2,1-2H3. The summed E-state index contributed by atoms with van der Waals surface area (Å²) < 4.78 is 15.3. The van der Waals surface area contributed by atoms with Crippen molar-refractivity contribution in [2.45, 2.75) is 30.5 Å². The fourth-order valence-corrected chi connectivity index (χ4v) is 3.47. The minimum atomic E-state index is -0.188. The van der Waals surface area contributed by atoms with Gasteiger partial charge in [-0.3, -0.25) is 0 Å². The van der Waals surface area contributed by atoms with Crippen LogP contribution in [0.3, 0.4) is 0 Å². The van der Waals surface area contributed by atoms with E-state index in [2.05, 4.69) is 48.9 Å². The molecule has 3 aromatic rings. The lowest BCUT2D eigenvalue weighted by atomic mass is 10.2. The highest BCUT2D eigenvalue weighted by Gasteiger charge is 2.10. The number of thioether (sulfide) groups is 1. The molecule has 0 saturated carbocycles. The largest absolute Gasteiger partial charge is 0.342 e. The van der Waals surface area contributed by atoms with E-state index in [4.69, 9.17) is 0 Å². The molecule has 0 saturated heterocycles. The molecule has 0 aliphatic heterocycles. The van der Waals surface area contributed by atoms with Crippen molar-refractivity contribution in [2.75, 3.05) is 0 Å². The summed E-state index contributed by atoms with van der Waals surface area (Å²) in [5, 5.41) is 1.84. The van der Waals surface area contributed by atoms with Crippen LogP contribution in [0.15, 0.2) is 59.6 Å². The summed E-state index contributed by atoms with van der Waals surface area (Å²) in [6.45, 7) is 5.17. The van der Waals surface area contributed by atoms with E-state index in [0.717, 1.165) is 12.1 Å². The van der Waals surface area contributed by atoms with Crippen molar-refractivity contribution in [1.29, 1.82) is 0 Å². The first-order valence-electron chi connectivity index (χ1n) is 7.12. The molecule has 21 heavy (non-hydrogen) atoms. The molecule has 0 fully saturated rings. The Labute approximate surface area is 128 Å². The molecule has 1 aromatic heterocycles. The van der Waals surface area contributed by atoms with Gasteiger partial charge >= 0.3 is 0 Å². The maximum Gasteiger partial charge on any atom is 0.123 e. The predicted molar refractivity (Wildman–Crippen MR) is 88.4 cm³/mol. The van der Waals surface area contributed by atoms with Crippen molar-refractivity contribution in [3.05, 3.63) is 66.1 Å². The Morgan fingerprint density at radius 1 is 1.05 bits per heavy atom. The van der Waals surface area contributed by atoms with E-state index in [0.29, 0.717) is 5.25 Å². The molecular formula is C18H18FNS. The van der Waals surface area contributed by atoms with E-state index in [1.807, 2.05) is 23.9 Å². The third kappa shape index (κ3) is 3.13. The molecule has 0 unspecified atom stereocenters. The molecule has 0 aliphatic rings. The van der Waals surface area contributed by atoms with Gasteiger partial charge in [0.2, 0.25) is 0 Å². The zero-order chi connectivity index (χ0) is 14.8. The average Bonchev–Trinajstić information content (AvgIpc) is 2.79. The van der Waals surface area contributed by atoms with Crippen LogP contribution in [0.5, 0.6) is 0 Å². The van der Waals surface area contributed by atoms with Crippen molar-refractivity contribution < 1.29 is 4.39 Å². The van der Waals surface area contributed by atoms with E-state index in [9.17, 15) is 4.39 Å². The third-order valence-corrected chi connectivity index (χ3v) is 4.43. The van der Waals surface area contributed by atoms with Gasteiger partial charge in [-0.15, -0.1) is 11.8 Å². The Kier molecular flexibility index (Phi) is 4.02. The zero-order valence-corrected chi connectivity index (χ0v) is 13.0. The second-order valence-corrected chi connectivity index (χ2v) is 7.05. The molecule has 2 aromatic carbocycles. The molecule has 0 radical (unpaired) electrons. The van der Waals surface area contributed by atoms with Gasteiger partial charge in [0, 0.05) is 33.8 Å². The van der Waals surface area contributed by atoms with Gasteiger partial charge in [0.05, 0.1) is 0 Å². The van der Waals surface area contributed by atoms with Gasteiger partial charge in [-0.05, 0) is 23.8 Å². The average molecular weight is 299 g/mol. The minimum absolute atomic E-state index is 0.188. The van der Waals surface area contributed by atoms with Gasteiger partial charge < -0.3 is 4.57 Å². The van der Waals surface area contributed by atoms with Gasteiger partial charge in [0.15, 0.2) is 0 Å². The first-order valence-corrected chi connectivity index (χ1v) is 8.00. The summed E-state index contributed by atoms with van der Waals surface area (Å²) >= 11 is 1.88. The molecule has 0 N–H and O–H groups in total. The Bertz CT molecular complexity index is 744. The molecule has 1 heterocycles. The summed E-state index contributed by atoms with van der Waals surface area (Å²) in [5.41, 5.74) is 2.34. The van der Waals surface area contributed by atoms with Gasteiger partial charge in [-0.1, -0.05) is 44.2 Å². The first kappa shape index (κ1) is 14.2. The lowest BCUT2D eigenvalue weighted by Crippen LogP contribution is -1.97. The molecule has 0 atom stereocenters. The zero-order valence-electron chi connectivity index (χ0n) is 12.2. The summed E-state index contributed by atoms with van der Waals surface area (Å²) in [6.07, 6.45) is 2.21. The summed E-state index contributed by atoms with van der Waals surface area (Å²) in [7, 11) is 0. The molecule has 1 nitrogen and oxygen atoms in total. The van der Waals surface area contributed by atoms with Crippen molar-refractivity contribution in [3.8, 4) is 0 Å². The number of para-hydroxylation sites is 1. The molecule has 0 spiro atoms. The second kappa shape index (κ2) is 5.94. The molecule has 0 aliphatic carbocycles. The third-order valence-electron chi connectivity index (χ3n) is 3.38. The Hall–Kier alpha value is -1.74. The predicted octanol–water partition coefficient (Wildman–Crippen LogP) is 5.33. The highest BCUT2D eigenvalue weighted by Crippen LogP contribution is 2.32. The van der Waals surface area contributed by atoms with Crippen molar-refractivity contribution in [2.24, 2.45) is 0 Å². The lowest BCUT2D eigenvalue weighted by molar-refractivity contribution is 0.626. The number of aromatic nitrogens is 1. The van der Waals surface area contributed by atoms with Crippen molar-refractivity contribution >= 4 is 22.7 Å². The highest BCUT2D eigenvalue weighted by molar-refractivity contribution is 8.00. The minimum Gasteiger partial charge on any atom is -0.342 e. The van der Waals surface area contributed by atoms with E-state index in [1.165, 1.54) is 27.9 Å². The van der Waals surface area contributed by atoms with Crippen LogP contribution in [0.25, 0.3) is 10.9 Å². The Balaban J connectivity index is 2.00. The molecule has 0 amide bonds. The van der Waals surface area contributed by atoms with Crippen LogP contribution in [-0.2, 0) is 6.54 Å². The molecule has 3 heteroatoms. The lowest BCUT2D eigenvalue weighted by Gasteiger charge is -2.05. The second-order valence-electron chi connectivity index (χ2n) is 5.43. The maximum absolute atomic E-state index is 13.0. The van der Waals surface area contributed by atoms with Crippen LogP contribution >= 0.6 is 11.8 Å². The van der Waals surface area contributed by atoms with E-state index < -0.39 is 0 Å². The quantitative estimate of drug-likeness (QED) is 0.589. The monoisotopic (exact) mass is 299 g/mol. The molecular weight excluding hydrogens is 281 g/mol. The van der Waals surface area contributed by atoms with Crippen LogP contribution in [0.4, 0.5) is 4.39 Å².